The van der Waals surface area contributed by atoms with Crippen LogP contribution in [0.25, 0.3) is 0 Å². The SMILES string of the molecule is O=C1CNCC(=O)N1CC1CCCC1. The van der Waals surface area contributed by atoms with E-state index in [2.05, 4.69) is 5.32 Å². The largest absolute Gasteiger partial charge is 0.300 e. The van der Waals surface area contributed by atoms with Gasteiger partial charge in [-0.3, -0.25) is 19.8 Å². The summed E-state index contributed by atoms with van der Waals surface area (Å²) in [6.45, 7) is 1.29. The average Bonchev–Trinajstić information content (AvgIpc) is 2.64. The minimum atomic E-state index is -0.0619. The molecule has 14 heavy (non-hydrogen) atoms. The van der Waals surface area contributed by atoms with E-state index in [4.69, 9.17) is 0 Å². The minimum absolute atomic E-state index is 0.0619. The van der Waals surface area contributed by atoms with Crippen LogP contribution in [0.4, 0.5) is 0 Å². The van der Waals surface area contributed by atoms with Crippen LogP contribution in [0.2, 0.25) is 0 Å². The Hall–Kier alpha value is -0.900. The van der Waals surface area contributed by atoms with Gasteiger partial charge in [-0.1, -0.05) is 12.8 Å². The number of rotatable bonds is 2. The second kappa shape index (κ2) is 4.09. The Kier molecular flexibility index (Phi) is 2.82. The molecule has 1 N–H and O–H groups in total. The average molecular weight is 196 g/mol. The molecule has 78 valence electrons. The van der Waals surface area contributed by atoms with Gasteiger partial charge in [0, 0.05) is 6.54 Å². The molecule has 4 nitrogen and oxygen atoms in total. The second-order valence-corrected chi connectivity index (χ2v) is 4.15. The molecule has 0 unspecified atom stereocenters. The Morgan fingerprint density at radius 1 is 1.14 bits per heavy atom. The lowest BCUT2D eigenvalue weighted by molar-refractivity contribution is -0.147. The highest BCUT2D eigenvalue weighted by Gasteiger charge is 2.28. The Morgan fingerprint density at radius 3 is 2.29 bits per heavy atom. The van der Waals surface area contributed by atoms with Crippen molar-refractivity contribution in [1.82, 2.24) is 10.2 Å². The summed E-state index contributed by atoms with van der Waals surface area (Å²) in [5.41, 5.74) is 0. The molecule has 0 aromatic carbocycles. The Balaban J connectivity index is 1.93. The summed E-state index contributed by atoms with van der Waals surface area (Å²) in [5.74, 6) is 0.433. The molecule has 1 saturated heterocycles. The molecular formula is C10H16N2O2. The van der Waals surface area contributed by atoms with Crippen LogP contribution in [-0.4, -0.2) is 36.3 Å². The van der Waals surface area contributed by atoms with Crippen LogP contribution in [0.15, 0.2) is 0 Å². The van der Waals surface area contributed by atoms with Crippen LogP contribution >= 0.6 is 0 Å². The quantitative estimate of drug-likeness (QED) is 0.639. The fourth-order valence-electron chi connectivity index (χ4n) is 2.26. The van der Waals surface area contributed by atoms with Crippen molar-refractivity contribution in [1.29, 1.82) is 0 Å². The van der Waals surface area contributed by atoms with Crippen molar-refractivity contribution in [3.8, 4) is 0 Å². The standard InChI is InChI=1S/C10H16N2O2/c13-9-5-11-6-10(14)12(9)7-8-3-1-2-4-8/h8,11H,1-7H2. The molecule has 0 radical (unpaired) electrons. The maximum atomic E-state index is 11.4. The summed E-state index contributed by atoms with van der Waals surface area (Å²) in [4.78, 5) is 24.3. The number of imide groups is 1. The van der Waals surface area contributed by atoms with Crippen LogP contribution in [0.5, 0.6) is 0 Å². The third kappa shape index (κ3) is 1.95. The highest BCUT2D eigenvalue weighted by molar-refractivity contribution is 5.99. The predicted octanol–water partition coefficient (Wildman–Crippen LogP) is 0.135. The number of nitrogens with one attached hydrogen (secondary N) is 1. The van der Waals surface area contributed by atoms with E-state index in [9.17, 15) is 9.59 Å². The molecule has 0 atom stereocenters. The zero-order valence-electron chi connectivity index (χ0n) is 8.29. The highest BCUT2D eigenvalue weighted by atomic mass is 16.2. The van der Waals surface area contributed by atoms with E-state index >= 15 is 0 Å². The van der Waals surface area contributed by atoms with Gasteiger partial charge >= 0.3 is 0 Å². The summed E-state index contributed by atoms with van der Waals surface area (Å²) in [6.07, 6.45) is 4.84. The number of amides is 2. The van der Waals surface area contributed by atoms with E-state index in [-0.39, 0.29) is 11.8 Å². The number of hydrogen-bond acceptors (Lipinski definition) is 3. The van der Waals surface area contributed by atoms with E-state index in [1.165, 1.54) is 30.6 Å². The zero-order chi connectivity index (χ0) is 9.97. The van der Waals surface area contributed by atoms with Gasteiger partial charge in [-0.05, 0) is 18.8 Å². The van der Waals surface area contributed by atoms with Gasteiger partial charge in [0.2, 0.25) is 11.8 Å². The van der Waals surface area contributed by atoms with Gasteiger partial charge in [0.1, 0.15) is 0 Å². The first-order chi connectivity index (χ1) is 6.77. The lowest BCUT2D eigenvalue weighted by Gasteiger charge is -2.27. The van der Waals surface area contributed by atoms with Gasteiger partial charge in [-0.15, -0.1) is 0 Å². The first kappa shape index (κ1) is 9.65. The summed E-state index contributed by atoms with van der Waals surface area (Å²) in [7, 11) is 0. The molecular weight excluding hydrogens is 180 g/mol. The van der Waals surface area contributed by atoms with Crippen molar-refractivity contribution in [2.24, 2.45) is 5.92 Å². The monoisotopic (exact) mass is 196 g/mol. The van der Waals surface area contributed by atoms with Crippen molar-refractivity contribution in [2.45, 2.75) is 25.7 Å². The van der Waals surface area contributed by atoms with Gasteiger partial charge in [-0.25, -0.2) is 0 Å². The van der Waals surface area contributed by atoms with E-state index in [1.807, 2.05) is 0 Å². The molecule has 2 fully saturated rings. The van der Waals surface area contributed by atoms with E-state index in [0.717, 1.165) is 0 Å². The van der Waals surface area contributed by atoms with Gasteiger partial charge in [-0.2, -0.15) is 0 Å². The van der Waals surface area contributed by atoms with Crippen molar-refractivity contribution in [3.05, 3.63) is 0 Å². The third-order valence-electron chi connectivity index (χ3n) is 3.07. The van der Waals surface area contributed by atoms with Crippen molar-refractivity contribution < 1.29 is 9.59 Å². The topological polar surface area (TPSA) is 49.4 Å². The number of nitrogens with zero attached hydrogens (tertiary/aromatic N) is 1. The van der Waals surface area contributed by atoms with Gasteiger partial charge < -0.3 is 0 Å². The maximum absolute atomic E-state index is 11.4. The highest BCUT2D eigenvalue weighted by Crippen LogP contribution is 2.25. The molecule has 1 heterocycles. The molecule has 1 aliphatic carbocycles. The molecule has 2 amide bonds. The molecule has 0 aromatic rings. The van der Waals surface area contributed by atoms with E-state index in [1.54, 1.807) is 0 Å². The van der Waals surface area contributed by atoms with Gasteiger partial charge in [0.15, 0.2) is 0 Å². The lowest BCUT2D eigenvalue weighted by atomic mass is 10.1. The number of hydrogen-bond donors (Lipinski definition) is 1. The Bertz CT molecular complexity index is 231. The maximum Gasteiger partial charge on any atom is 0.243 e. The molecule has 1 saturated carbocycles. The van der Waals surface area contributed by atoms with Crippen LogP contribution in [-0.2, 0) is 9.59 Å². The predicted molar refractivity (Wildman–Crippen MR) is 51.5 cm³/mol. The third-order valence-corrected chi connectivity index (χ3v) is 3.07. The number of piperazine rings is 1. The van der Waals surface area contributed by atoms with Crippen LogP contribution in [0.1, 0.15) is 25.7 Å². The van der Waals surface area contributed by atoms with Crippen LogP contribution in [0.3, 0.4) is 0 Å². The first-order valence-electron chi connectivity index (χ1n) is 5.31. The van der Waals surface area contributed by atoms with Gasteiger partial charge in [0.05, 0.1) is 13.1 Å². The molecule has 2 rings (SSSR count). The Labute approximate surface area is 83.6 Å². The second-order valence-electron chi connectivity index (χ2n) is 4.15. The lowest BCUT2D eigenvalue weighted by Crippen LogP contribution is -2.53. The van der Waals surface area contributed by atoms with Crippen LogP contribution < -0.4 is 5.32 Å². The Morgan fingerprint density at radius 2 is 1.71 bits per heavy atom. The fraction of sp³-hybridized carbons (Fsp3) is 0.800. The van der Waals surface area contributed by atoms with E-state index in [0.29, 0.717) is 25.6 Å². The molecule has 4 heteroatoms. The van der Waals surface area contributed by atoms with Crippen LogP contribution in [0, 0.1) is 5.92 Å². The summed E-state index contributed by atoms with van der Waals surface area (Å²) >= 11 is 0. The fourth-order valence-corrected chi connectivity index (χ4v) is 2.26. The molecule has 0 spiro atoms. The molecule has 0 aromatic heterocycles. The smallest absolute Gasteiger partial charge is 0.243 e. The molecule has 0 bridgehead atoms. The normalized spacial score (nSPS) is 24.7. The molecule has 2 aliphatic rings. The molecule has 1 aliphatic heterocycles. The summed E-state index contributed by atoms with van der Waals surface area (Å²) in [5, 5.41) is 2.80. The number of carbonyl (C=O) groups is 2. The van der Waals surface area contributed by atoms with Crippen molar-refractivity contribution in [2.75, 3.05) is 19.6 Å². The van der Waals surface area contributed by atoms with E-state index < -0.39 is 0 Å². The van der Waals surface area contributed by atoms with Crippen molar-refractivity contribution >= 4 is 11.8 Å². The van der Waals surface area contributed by atoms with Gasteiger partial charge in [0.25, 0.3) is 0 Å². The summed E-state index contributed by atoms with van der Waals surface area (Å²) in [6, 6.07) is 0. The first-order valence-corrected chi connectivity index (χ1v) is 5.31. The zero-order valence-corrected chi connectivity index (χ0v) is 8.29. The number of carbonyl (C=O) groups excluding carboxylic acids is 2. The summed E-state index contributed by atoms with van der Waals surface area (Å²) < 4.78 is 0. The van der Waals surface area contributed by atoms with Crippen molar-refractivity contribution in [3.63, 3.8) is 0 Å². The minimum Gasteiger partial charge on any atom is -0.300 e.